The molecule has 11 heteroatoms. The third-order valence-electron chi connectivity index (χ3n) is 3.52. The second kappa shape index (κ2) is 6.05. The summed E-state index contributed by atoms with van der Waals surface area (Å²) in [6.07, 6.45) is -5.66. The Kier molecular flexibility index (Phi) is 4.53. The molecule has 1 aromatic carbocycles. The van der Waals surface area contributed by atoms with E-state index in [9.17, 15) is 35.5 Å². The number of hydrogen-bond acceptors (Lipinski definition) is 2. The fourth-order valence-corrected chi connectivity index (χ4v) is 2.27. The summed E-state index contributed by atoms with van der Waals surface area (Å²) in [5.41, 5.74) is -4.10. The summed E-state index contributed by atoms with van der Waals surface area (Å²) < 4.78 is 93.5. The molecule has 0 atom stereocenters. The lowest BCUT2D eigenvalue weighted by atomic mass is 10.1. The number of aryl methyl sites for hydroxylation is 2. The Balaban J connectivity index is 2.56. The van der Waals surface area contributed by atoms with Gasteiger partial charge in [-0.05, 0) is 13.8 Å². The van der Waals surface area contributed by atoms with Crippen LogP contribution in [0.1, 0.15) is 27.3 Å². The van der Waals surface area contributed by atoms with E-state index >= 15 is 0 Å². The quantitative estimate of drug-likeness (QED) is 0.646. The predicted molar refractivity (Wildman–Crippen MR) is 71.9 cm³/mol. The molecule has 0 spiro atoms. The van der Waals surface area contributed by atoms with Gasteiger partial charge in [0.2, 0.25) is 0 Å². The molecule has 0 saturated heterocycles. The number of benzene rings is 1. The third-order valence-corrected chi connectivity index (χ3v) is 3.52. The van der Waals surface area contributed by atoms with Gasteiger partial charge in [-0.3, -0.25) is 9.48 Å². The molecule has 0 aliphatic heterocycles. The van der Waals surface area contributed by atoms with Crippen LogP contribution in [0.3, 0.4) is 0 Å². The molecule has 0 saturated carbocycles. The van der Waals surface area contributed by atoms with Crippen molar-refractivity contribution in [1.82, 2.24) is 9.78 Å². The molecule has 2 aromatic rings. The van der Waals surface area contributed by atoms with Crippen molar-refractivity contribution in [3.63, 3.8) is 0 Å². The number of nitrogens with zero attached hydrogens (tertiary/aromatic N) is 2. The second-order valence-corrected chi connectivity index (χ2v) is 5.13. The topological polar surface area (TPSA) is 46.9 Å². The maximum atomic E-state index is 13.8. The minimum Gasteiger partial charge on any atom is -0.317 e. The molecular weight excluding hydrogens is 359 g/mol. The van der Waals surface area contributed by atoms with E-state index in [-0.39, 0.29) is 17.0 Å². The van der Waals surface area contributed by atoms with Crippen molar-refractivity contribution in [2.75, 3.05) is 5.32 Å². The van der Waals surface area contributed by atoms with Crippen LogP contribution in [-0.4, -0.2) is 15.7 Å². The van der Waals surface area contributed by atoms with Crippen molar-refractivity contribution in [2.45, 2.75) is 20.0 Å². The van der Waals surface area contributed by atoms with Gasteiger partial charge in [-0.15, -0.1) is 0 Å². The average molecular weight is 369 g/mol. The van der Waals surface area contributed by atoms with Gasteiger partial charge in [-0.1, -0.05) is 0 Å². The van der Waals surface area contributed by atoms with E-state index in [1.54, 1.807) is 5.32 Å². The van der Waals surface area contributed by atoms with Crippen LogP contribution in [-0.2, 0) is 13.2 Å². The zero-order chi connectivity index (χ0) is 19.3. The number of amides is 1. The van der Waals surface area contributed by atoms with Crippen LogP contribution in [0, 0.1) is 37.1 Å². The van der Waals surface area contributed by atoms with E-state index in [2.05, 4.69) is 5.10 Å². The van der Waals surface area contributed by atoms with Gasteiger partial charge in [-0.2, -0.15) is 18.3 Å². The molecule has 0 unspecified atom stereocenters. The molecule has 25 heavy (non-hydrogen) atoms. The van der Waals surface area contributed by atoms with Crippen molar-refractivity contribution in [3.05, 3.63) is 45.8 Å². The first-order valence-electron chi connectivity index (χ1n) is 6.62. The molecule has 2 rings (SSSR count). The van der Waals surface area contributed by atoms with Gasteiger partial charge in [0, 0.05) is 12.7 Å². The first kappa shape index (κ1) is 18.7. The summed E-state index contributed by atoms with van der Waals surface area (Å²) in [6.45, 7) is 2.83. The number of alkyl halides is 3. The van der Waals surface area contributed by atoms with Gasteiger partial charge in [0.1, 0.15) is 11.3 Å². The van der Waals surface area contributed by atoms with Crippen molar-refractivity contribution in [3.8, 4) is 0 Å². The van der Waals surface area contributed by atoms with E-state index in [1.165, 1.54) is 25.6 Å². The van der Waals surface area contributed by atoms with Gasteiger partial charge in [0.25, 0.3) is 5.91 Å². The Morgan fingerprint density at radius 2 is 1.48 bits per heavy atom. The van der Waals surface area contributed by atoms with Crippen molar-refractivity contribution < 1.29 is 35.5 Å². The van der Waals surface area contributed by atoms with Crippen molar-refractivity contribution in [1.29, 1.82) is 0 Å². The van der Waals surface area contributed by atoms with Crippen LogP contribution in [0.5, 0.6) is 0 Å². The smallest absolute Gasteiger partial charge is 0.317 e. The van der Waals surface area contributed by atoms with Crippen molar-refractivity contribution in [2.24, 2.45) is 7.05 Å². The van der Waals surface area contributed by atoms with Crippen molar-refractivity contribution >= 4 is 11.6 Å². The maximum absolute atomic E-state index is 13.8. The molecular formula is C14H10F7N3O. The van der Waals surface area contributed by atoms with Crippen LogP contribution in [0.15, 0.2) is 0 Å². The molecule has 0 aliphatic carbocycles. The lowest BCUT2D eigenvalue weighted by molar-refractivity contribution is -0.143. The second-order valence-electron chi connectivity index (χ2n) is 5.13. The Hall–Kier alpha value is -2.59. The fourth-order valence-electron chi connectivity index (χ4n) is 2.27. The highest BCUT2D eigenvalue weighted by molar-refractivity contribution is 6.06. The van der Waals surface area contributed by atoms with Gasteiger partial charge in [0.05, 0.1) is 11.3 Å². The fraction of sp³-hybridized carbons (Fsp3) is 0.286. The van der Waals surface area contributed by atoms with Gasteiger partial charge in [-0.25, -0.2) is 17.6 Å². The normalized spacial score (nSPS) is 11.8. The summed E-state index contributed by atoms with van der Waals surface area (Å²) in [4.78, 5) is 12.1. The number of aromatic nitrogens is 2. The monoisotopic (exact) mass is 369 g/mol. The molecule has 0 bridgehead atoms. The van der Waals surface area contributed by atoms with Gasteiger partial charge in [0.15, 0.2) is 23.3 Å². The van der Waals surface area contributed by atoms with E-state index in [4.69, 9.17) is 0 Å². The van der Waals surface area contributed by atoms with Crippen LogP contribution >= 0.6 is 0 Å². The number of carbonyl (C=O) groups is 1. The average Bonchev–Trinajstić information content (AvgIpc) is 2.73. The van der Waals surface area contributed by atoms with E-state index in [0.29, 0.717) is 0 Å². The maximum Gasteiger partial charge on any atom is 0.422 e. The zero-order valence-corrected chi connectivity index (χ0v) is 12.9. The van der Waals surface area contributed by atoms with Crippen LogP contribution < -0.4 is 5.32 Å². The van der Waals surface area contributed by atoms with E-state index in [1.807, 2.05) is 0 Å². The van der Waals surface area contributed by atoms with Crippen LogP contribution in [0.25, 0.3) is 0 Å². The highest BCUT2D eigenvalue weighted by Gasteiger charge is 2.42. The highest BCUT2D eigenvalue weighted by Crippen LogP contribution is 2.38. The molecule has 1 amide bonds. The summed E-state index contributed by atoms with van der Waals surface area (Å²) >= 11 is 0. The lowest BCUT2D eigenvalue weighted by Crippen LogP contribution is -2.21. The molecule has 0 radical (unpaired) electrons. The summed E-state index contributed by atoms with van der Waals surface area (Å²) in [5, 5.41) is 5.43. The highest BCUT2D eigenvalue weighted by atomic mass is 19.4. The minimum atomic E-state index is -5.66. The van der Waals surface area contributed by atoms with Gasteiger partial charge < -0.3 is 5.32 Å². The Morgan fingerprint density at radius 3 is 1.84 bits per heavy atom. The third kappa shape index (κ3) is 3.05. The Labute approximate surface area is 136 Å². The van der Waals surface area contributed by atoms with Crippen LogP contribution in [0.4, 0.5) is 36.4 Å². The minimum absolute atomic E-state index is 0.137. The molecule has 136 valence electrons. The molecule has 1 aromatic heterocycles. The van der Waals surface area contributed by atoms with Crippen LogP contribution in [0.2, 0.25) is 0 Å². The number of rotatable bonds is 2. The molecule has 1 N–H and O–H groups in total. The number of anilines is 1. The van der Waals surface area contributed by atoms with Gasteiger partial charge >= 0.3 is 6.18 Å². The van der Waals surface area contributed by atoms with E-state index in [0.717, 1.165) is 0 Å². The standard InChI is InChI=1S/C14H10F7N3O/c1-4-6(5(2)24(3)23-4)13(25)22-12-10(17)8(15)7(14(19,20)21)9(16)11(12)18/h1-3H3,(H,22,25). The predicted octanol–water partition coefficient (Wildman–Crippen LogP) is 3.86. The SMILES string of the molecule is Cc1nn(C)c(C)c1C(=O)Nc1c(F)c(F)c(C(F)(F)F)c(F)c1F. The molecule has 0 aliphatic rings. The summed E-state index contributed by atoms with van der Waals surface area (Å²) in [6, 6.07) is 0. The lowest BCUT2D eigenvalue weighted by Gasteiger charge is -2.14. The molecule has 4 nitrogen and oxygen atoms in total. The molecule has 0 fully saturated rings. The Morgan fingerprint density at radius 1 is 1.00 bits per heavy atom. The first-order chi connectivity index (χ1) is 11.4. The largest absolute Gasteiger partial charge is 0.422 e. The number of carbonyl (C=O) groups excluding carboxylic acids is 1. The number of nitrogens with one attached hydrogen (secondary N) is 1. The first-order valence-corrected chi connectivity index (χ1v) is 6.62. The number of hydrogen-bond donors (Lipinski definition) is 1. The number of halogens is 7. The zero-order valence-electron chi connectivity index (χ0n) is 12.9. The molecule has 1 heterocycles. The summed E-state index contributed by atoms with van der Waals surface area (Å²) in [5.74, 6) is -11.2. The van der Waals surface area contributed by atoms with E-state index < -0.39 is 46.6 Å². The summed E-state index contributed by atoms with van der Waals surface area (Å²) in [7, 11) is 1.47. The Bertz CT molecular complexity index is 842.